The minimum atomic E-state index is 1.01. The summed E-state index contributed by atoms with van der Waals surface area (Å²) in [5.41, 5.74) is 11.7. The number of fused-ring (bicyclic) bond motifs is 2. The second-order valence-corrected chi connectivity index (χ2v) is 9.09. The Balaban J connectivity index is 1.55. The maximum absolute atomic E-state index is 5.06. The van der Waals surface area contributed by atoms with E-state index in [9.17, 15) is 0 Å². The summed E-state index contributed by atoms with van der Waals surface area (Å²) in [7, 11) is 0. The molecule has 0 unspecified atom stereocenters. The van der Waals surface area contributed by atoms with Crippen LogP contribution >= 0.6 is 0 Å². The van der Waals surface area contributed by atoms with Gasteiger partial charge in [0.15, 0.2) is 0 Å². The van der Waals surface area contributed by atoms with Gasteiger partial charge in [-0.3, -0.25) is 0 Å². The van der Waals surface area contributed by atoms with E-state index in [0.717, 1.165) is 40.6 Å². The van der Waals surface area contributed by atoms with Gasteiger partial charge in [0.1, 0.15) is 0 Å². The molecule has 5 aromatic rings. The average molecular weight is 439 g/mol. The van der Waals surface area contributed by atoms with Crippen molar-refractivity contribution in [3.05, 3.63) is 119 Å². The molecule has 0 aliphatic heterocycles. The van der Waals surface area contributed by atoms with E-state index in [1.807, 2.05) is 0 Å². The van der Waals surface area contributed by atoms with Gasteiger partial charge in [0.2, 0.25) is 0 Å². The predicted octanol–water partition coefficient (Wildman–Crippen LogP) is 8.41. The van der Waals surface area contributed by atoms with Crippen LogP contribution in [0.5, 0.6) is 0 Å². The lowest BCUT2D eigenvalue weighted by Crippen LogP contribution is -2.05. The van der Waals surface area contributed by atoms with Crippen molar-refractivity contribution >= 4 is 33.0 Å². The molecular weight excluding hydrogens is 412 g/mol. The fourth-order valence-electron chi connectivity index (χ4n) is 5.12. The predicted molar refractivity (Wildman–Crippen MR) is 143 cm³/mol. The van der Waals surface area contributed by atoms with Crippen LogP contribution in [0.3, 0.4) is 0 Å². The maximum atomic E-state index is 5.06. The number of para-hydroxylation sites is 2. The van der Waals surface area contributed by atoms with Gasteiger partial charge < -0.3 is 0 Å². The lowest BCUT2D eigenvalue weighted by Gasteiger charge is -2.24. The molecule has 0 amide bonds. The van der Waals surface area contributed by atoms with E-state index < -0.39 is 0 Å². The Morgan fingerprint density at radius 2 is 1.26 bits per heavy atom. The molecule has 0 fully saturated rings. The molecular formula is C32H26N2. The monoisotopic (exact) mass is 438 g/mol. The molecule has 164 valence electrons. The highest BCUT2D eigenvalue weighted by Crippen LogP contribution is 2.43. The Morgan fingerprint density at radius 1 is 0.618 bits per heavy atom. The zero-order chi connectivity index (χ0) is 23.1. The molecule has 0 saturated heterocycles. The minimum Gasteiger partial charge on any atom is -0.248 e. The van der Waals surface area contributed by atoms with Gasteiger partial charge in [0, 0.05) is 21.9 Å². The molecule has 0 atom stereocenters. The van der Waals surface area contributed by atoms with E-state index in [1.165, 1.54) is 38.8 Å². The fraction of sp³-hybridized carbons (Fsp3) is 0.125. The first-order valence-electron chi connectivity index (χ1n) is 11.9. The third-order valence-electron chi connectivity index (χ3n) is 6.84. The highest BCUT2D eigenvalue weighted by molar-refractivity contribution is 6.10. The van der Waals surface area contributed by atoms with Crippen molar-refractivity contribution in [3.63, 3.8) is 0 Å². The van der Waals surface area contributed by atoms with Crippen molar-refractivity contribution in [1.29, 1.82) is 0 Å². The summed E-state index contributed by atoms with van der Waals surface area (Å²) >= 11 is 0. The third kappa shape index (κ3) is 3.52. The molecule has 0 N–H and O–H groups in total. The lowest BCUT2D eigenvalue weighted by molar-refractivity contribution is 0.969. The molecule has 1 aliphatic rings. The van der Waals surface area contributed by atoms with Crippen molar-refractivity contribution in [3.8, 4) is 11.3 Å². The molecule has 1 aliphatic carbocycles. The van der Waals surface area contributed by atoms with Crippen LogP contribution in [0.1, 0.15) is 36.6 Å². The number of allylic oxidation sites excluding steroid dienone is 4. The average Bonchev–Trinajstić information content (AvgIpc) is 2.88. The number of nitrogens with zero attached hydrogens (tertiary/aromatic N) is 2. The summed E-state index contributed by atoms with van der Waals surface area (Å²) < 4.78 is 0. The fourth-order valence-corrected chi connectivity index (χ4v) is 5.12. The zero-order valence-corrected chi connectivity index (χ0v) is 19.5. The van der Waals surface area contributed by atoms with Crippen LogP contribution in [0.4, 0.5) is 0 Å². The van der Waals surface area contributed by atoms with Crippen molar-refractivity contribution in [2.24, 2.45) is 0 Å². The van der Waals surface area contributed by atoms with E-state index in [1.54, 1.807) is 0 Å². The third-order valence-corrected chi connectivity index (χ3v) is 6.84. The number of rotatable bonds is 3. The molecule has 0 bridgehead atoms. The number of pyridine rings is 2. The summed E-state index contributed by atoms with van der Waals surface area (Å²) in [6.07, 6.45) is 4.46. The zero-order valence-electron chi connectivity index (χ0n) is 19.5. The molecule has 0 radical (unpaired) electrons. The smallest absolute Gasteiger partial charge is 0.0716 e. The van der Waals surface area contributed by atoms with E-state index in [-0.39, 0.29) is 0 Å². The first-order chi connectivity index (χ1) is 16.7. The van der Waals surface area contributed by atoms with E-state index >= 15 is 0 Å². The Hall–Kier alpha value is -4.04. The number of aromatic nitrogens is 2. The molecule has 6 rings (SSSR count). The first-order valence-corrected chi connectivity index (χ1v) is 11.9. The number of benzene rings is 3. The van der Waals surface area contributed by atoms with Gasteiger partial charge in [-0.1, -0.05) is 78.4 Å². The molecule has 34 heavy (non-hydrogen) atoms. The Bertz CT molecular complexity index is 1620. The number of hydrogen-bond donors (Lipinski definition) is 0. The van der Waals surface area contributed by atoms with Crippen LogP contribution in [-0.4, -0.2) is 9.97 Å². The van der Waals surface area contributed by atoms with Gasteiger partial charge in [-0.25, -0.2) is 9.97 Å². The topological polar surface area (TPSA) is 25.8 Å². The van der Waals surface area contributed by atoms with Crippen LogP contribution < -0.4 is 0 Å². The minimum absolute atomic E-state index is 1.01. The van der Waals surface area contributed by atoms with Crippen LogP contribution in [0.15, 0.2) is 103 Å². The highest BCUT2D eigenvalue weighted by atomic mass is 14.7. The Morgan fingerprint density at radius 3 is 2.00 bits per heavy atom. The molecule has 2 heterocycles. The summed E-state index contributed by atoms with van der Waals surface area (Å²) in [4.78, 5) is 10.1. The summed E-state index contributed by atoms with van der Waals surface area (Å²) in [5.74, 6) is 0. The lowest BCUT2D eigenvalue weighted by atomic mass is 9.81. The quantitative estimate of drug-likeness (QED) is 0.282. The summed E-state index contributed by atoms with van der Waals surface area (Å²) in [5, 5.41) is 2.33. The van der Waals surface area contributed by atoms with E-state index in [2.05, 4.69) is 111 Å². The van der Waals surface area contributed by atoms with Gasteiger partial charge in [-0.2, -0.15) is 0 Å². The second kappa shape index (κ2) is 8.39. The van der Waals surface area contributed by atoms with Crippen molar-refractivity contribution in [2.45, 2.75) is 26.7 Å². The van der Waals surface area contributed by atoms with Gasteiger partial charge in [0.25, 0.3) is 0 Å². The van der Waals surface area contributed by atoms with Gasteiger partial charge >= 0.3 is 0 Å². The van der Waals surface area contributed by atoms with E-state index in [0.29, 0.717) is 0 Å². The maximum Gasteiger partial charge on any atom is 0.0716 e. The van der Waals surface area contributed by atoms with Gasteiger partial charge in [0.05, 0.1) is 22.4 Å². The molecule has 3 aromatic carbocycles. The highest BCUT2D eigenvalue weighted by Gasteiger charge is 2.23. The van der Waals surface area contributed by atoms with Crippen molar-refractivity contribution in [2.75, 3.05) is 0 Å². The molecule has 2 heteroatoms. The van der Waals surface area contributed by atoms with Gasteiger partial charge in [-0.15, -0.1) is 0 Å². The van der Waals surface area contributed by atoms with Crippen LogP contribution in [-0.2, 0) is 0 Å². The largest absolute Gasteiger partial charge is 0.248 e. The molecule has 2 nitrogen and oxygen atoms in total. The number of hydrogen-bond acceptors (Lipinski definition) is 2. The SMILES string of the molecule is CC1=C(c2c(C)cccc2-c2ccc3ccccc3n2)C(c2ccc3ccccc3n2)=CCC1. The standard InChI is InChI=1S/C32H26N2/c1-21-9-7-13-25(29-19-17-23-11-3-5-15-27(23)33-29)31(21)32-22(2)10-8-14-26(32)30-20-18-24-12-4-6-16-28(24)34-30/h3-7,9,11-20H,8,10H2,1-2H3. The van der Waals surface area contributed by atoms with Crippen LogP contribution in [0.25, 0.3) is 44.2 Å². The summed E-state index contributed by atoms with van der Waals surface area (Å²) in [6, 6.07) is 31.9. The van der Waals surface area contributed by atoms with Crippen molar-refractivity contribution in [1.82, 2.24) is 9.97 Å². The Labute approximate surface area is 200 Å². The van der Waals surface area contributed by atoms with Gasteiger partial charge in [-0.05, 0) is 67.7 Å². The van der Waals surface area contributed by atoms with Crippen LogP contribution in [0.2, 0.25) is 0 Å². The first kappa shape index (κ1) is 20.6. The normalized spacial score (nSPS) is 14.0. The van der Waals surface area contributed by atoms with Crippen LogP contribution in [0, 0.1) is 6.92 Å². The summed E-state index contributed by atoms with van der Waals surface area (Å²) in [6.45, 7) is 4.48. The number of aryl methyl sites for hydroxylation is 1. The van der Waals surface area contributed by atoms with Crippen molar-refractivity contribution < 1.29 is 0 Å². The molecule has 0 spiro atoms. The second-order valence-electron chi connectivity index (χ2n) is 9.09. The van der Waals surface area contributed by atoms with E-state index in [4.69, 9.17) is 9.97 Å². The molecule has 0 saturated carbocycles. The Kier molecular flexibility index (Phi) is 5.07. The molecule has 2 aromatic heterocycles.